The van der Waals surface area contributed by atoms with E-state index >= 15 is 0 Å². The van der Waals surface area contributed by atoms with Crippen molar-refractivity contribution < 1.29 is 28.6 Å². The average molecular weight is 429 g/mol. The van der Waals surface area contributed by atoms with Gasteiger partial charge in [0.25, 0.3) is 5.91 Å². The topological polar surface area (TPSA) is 115 Å². The monoisotopic (exact) mass is 429 g/mol. The number of nitrogens with one attached hydrogen (secondary N) is 3. The highest BCUT2D eigenvalue weighted by atomic mass is 16.5. The lowest BCUT2D eigenvalue weighted by atomic mass is 10.2. The van der Waals surface area contributed by atoms with Crippen LogP contribution in [0.2, 0.25) is 0 Å². The minimum Gasteiger partial charge on any atom is -0.494 e. The third-order valence-electron chi connectivity index (χ3n) is 4.10. The van der Waals surface area contributed by atoms with Crippen LogP contribution in [0.3, 0.4) is 0 Å². The molecule has 3 amide bonds. The summed E-state index contributed by atoms with van der Waals surface area (Å²) in [5.74, 6) is 0.241. The van der Waals surface area contributed by atoms with E-state index < -0.39 is 17.9 Å². The van der Waals surface area contributed by atoms with Gasteiger partial charge in [-0.15, -0.1) is 0 Å². The second kappa shape index (κ2) is 12.1. The van der Waals surface area contributed by atoms with Crippen LogP contribution < -0.4 is 30.4 Å². The second-order valence-electron chi connectivity index (χ2n) is 6.45. The smallest absolute Gasteiger partial charge is 0.279 e. The largest absolute Gasteiger partial charge is 0.494 e. The predicted molar refractivity (Wildman–Crippen MR) is 115 cm³/mol. The third-order valence-corrected chi connectivity index (χ3v) is 4.10. The molecule has 0 aliphatic rings. The maximum Gasteiger partial charge on any atom is 0.279 e. The lowest BCUT2D eigenvalue weighted by Gasteiger charge is -2.16. The quantitative estimate of drug-likeness (QED) is 0.500. The molecule has 2 aromatic carbocycles. The zero-order valence-corrected chi connectivity index (χ0v) is 17.8. The van der Waals surface area contributed by atoms with Crippen LogP contribution in [0.1, 0.15) is 26.7 Å². The van der Waals surface area contributed by atoms with E-state index in [1.807, 2.05) is 6.92 Å². The fraction of sp³-hybridized carbons (Fsp3) is 0.318. The molecular formula is C22H27N3O6. The summed E-state index contributed by atoms with van der Waals surface area (Å²) in [5.41, 5.74) is 5.16. The average Bonchev–Trinajstić information content (AvgIpc) is 2.77. The SMILES string of the molecule is CCOc1ccc(NC(=O)CCC(=O)NNC(=O)C(C)Oc2ccccc2OC)cc1. The van der Waals surface area contributed by atoms with Crippen LogP contribution in [-0.2, 0) is 14.4 Å². The van der Waals surface area contributed by atoms with Crippen molar-refractivity contribution in [1.29, 1.82) is 0 Å². The fourth-order valence-corrected chi connectivity index (χ4v) is 2.51. The van der Waals surface area contributed by atoms with Crippen molar-refractivity contribution in [1.82, 2.24) is 10.9 Å². The highest BCUT2D eigenvalue weighted by Crippen LogP contribution is 2.26. The van der Waals surface area contributed by atoms with Crippen LogP contribution in [-0.4, -0.2) is 37.5 Å². The Kier molecular flexibility index (Phi) is 9.15. The molecule has 166 valence electrons. The minimum atomic E-state index is -0.875. The Hall–Kier alpha value is -3.75. The number of ether oxygens (including phenoxy) is 3. The number of carbonyl (C=O) groups is 3. The molecule has 0 saturated carbocycles. The molecule has 2 rings (SSSR count). The van der Waals surface area contributed by atoms with Gasteiger partial charge >= 0.3 is 0 Å². The minimum absolute atomic E-state index is 0.0395. The predicted octanol–water partition coefficient (Wildman–Crippen LogP) is 2.43. The first-order valence-electron chi connectivity index (χ1n) is 9.84. The Morgan fingerprint density at radius 2 is 1.55 bits per heavy atom. The molecule has 9 nitrogen and oxygen atoms in total. The maximum atomic E-state index is 12.1. The van der Waals surface area contributed by atoms with Gasteiger partial charge in [0.1, 0.15) is 5.75 Å². The summed E-state index contributed by atoms with van der Waals surface area (Å²) in [4.78, 5) is 36.0. The van der Waals surface area contributed by atoms with Crippen molar-refractivity contribution in [3.63, 3.8) is 0 Å². The molecule has 0 aromatic heterocycles. The lowest BCUT2D eigenvalue weighted by Crippen LogP contribution is -2.47. The van der Waals surface area contributed by atoms with Gasteiger partial charge in [-0.25, -0.2) is 0 Å². The maximum absolute atomic E-state index is 12.1. The molecule has 0 saturated heterocycles. The first kappa shape index (κ1) is 23.5. The van der Waals surface area contributed by atoms with Gasteiger partial charge in [0.15, 0.2) is 17.6 Å². The summed E-state index contributed by atoms with van der Waals surface area (Å²) in [7, 11) is 1.50. The Balaban J connectivity index is 1.70. The van der Waals surface area contributed by atoms with Crippen LogP contribution >= 0.6 is 0 Å². The van der Waals surface area contributed by atoms with E-state index in [4.69, 9.17) is 14.2 Å². The third kappa shape index (κ3) is 7.88. The number of carbonyl (C=O) groups excluding carboxylic acids is 3. The summed E-state index contributed by atoms with van der Waals surface area (Å²) in [6.07, 6.45) is -1.01. The number of para-hydroxylation sites is 2. The van der Waals surface area contributed by atoms with Crippen LogP contribution in [0.15, 0.2) is 48.5 Å². The van der Waals surface area contributed by atoms with Gasteiger partial charge < -0.3 is 19.5 Å². The standard InChI is InChI=1S/C22H27N3O6/c1-4-30-17-11-9-16(10-12-17)23-20(26)13-14-21(27)24-25-22(28)15(2)31-19-8-6-5-7-18(19)29-3/h5-12,15H,4,13-14H2,1-3H3,(H,23,26)(H,24,27)(H,25,28). The van der Waals surface area contributed by atoms with E-state index in [0.29, 0.717) is 29.5 Å². The van der Waals surface area contributed by atoms with E-state index in [-0.39, 0.29) is 18.7 Å². The molecule has 3 N–H and O–H groups in total. The van der Waals surface area contributed by atoms with E-state index in [2.05, 4.69) is 16.2 Å². The number of anilines is 1. The molecule has 0 aliphatic carbocycles. The van der Waals surface area contributed by atoms with Crippen molar-refractivity contribution in [2.45, 2.75) is 32.8 Å². The lowest BCUT2D eigenvalue weighted by molar-refractivity contribution is -0.133. The van der Waals surface area contributed by atoms with Gasteiger partial charge in [-0.2, -0.15) is 0 Å². The first-order valence-corrected chi connectivity index (χ1v) is 9.84. The van der Waals surface area contributed by atoms with Gasteiger partial charge in [0, 0.05) is 18.5 Å². The number of rotatable bonds is 10. The number of benzene rings is 2. The van der Waals surface area contributed by atoms with Gasteiger partial charge in [0.2, 0.25) is 11.8 Å². The summed E-state index contributed by atoms with van der Waals surface area (Å²) >= 11 is 0. The van der Waals surface area contributed by atoms with Crippen molar-refractivity contribution in [3.05, 3.63) is 48.5 Å². The number of hydrogen-bond donors (Lipinski definition) is 3. The van der Waals surface area contributed by atoms with Crippen molar-refractivity contribution in [2.24, 2.45) is 0 Å². The molecule has 9 heteroatoms. The van der Waals surface area contributed by atoms with Crippen molar-refractivity contribution >= 4 is 23.4 Å². The molecule has 0 radical (unpaired) electrons. The second-order valence-corrected chi connectivity index (χ2v) is 6.45. The molecule has 1 unspecified atom stereocenters. The molecule has 0 bridgehead atoms. The molecule has 31 heavy (non-hydrogen) atoms. The van der Waals surface area contributed by atoms with E-state index in [1.54, 1.807) is 48.5 Å². The van der Waals surface area contributed by atoms with Gasteiger partial charge in [-0.1, -0.05) is 12.1 Å². The summed E-state index contributed by atoms with van der Waals surface area (Å²) < 4.78 is 16.1. The Labute approximate surface area is 181 Å². The zero-order valence-electron chi connectivity index (χ0n) is 17.8. The molecule has 2 aromatic rings. The van der Waals surface area contributed by atoms with E-state index in [0.717, 1.165) is 0 Å². The van der Waals surface area contributed by atoms with Crippen LogP contribution in [0.5, 0.6) is 17.2 Å². The summed E-state index contributed by atoms with van der Waals surface area (Å²) in [5, 5.41) is 2.69. The first-order chi connectivity index (χ1) is 14.9. The summed E-state index contributed by atoms with van der Waals surface area (Å²) in [6.45, 7) is 3.98. The van der Waals surface area contributed by atoms with Crippen LogP contribution in [0.4, 0.5) is 5.69 Å². The van der Waals surface area contributed by atoms with Crippen molar-refractivity contribution in [2.75, 3.05) is 19.0 Å². The fourth-order valence-electron chi connectivity index (χ4n) is 2.51. The number of hydrazine groups is 1. The zero-order chi connectivity index (χ0) is 22.6. The highest BCUT2D eigenvalue weighted by molar-refractivity contribution is 5.93. The van der Waals surface area contributed by atoms with Gasteiger partial charge in [-0.05, 0) is 50.2 Å². The Morgan fingerprint density at radius 1 is 0.903 bits per heavy atom. The van der Waals surface area contributed by atoms with E-state index in [1.165, 1.54) is 14.0 Å². The normalized spacial score (nSPS) is 11.1. The number of amides is 3. The number of hydrogen-bond acceptors (Lipinski definition) is 6. The van der Waals surface area contributed by atoms with Crippen molar-refractivity contribution in [3.8, 4) is 17.2 Å². The Bertz CT molecular complexity index is 885. The Morgan fingerprint density at radius 3 is 2.19 bits per heavy atom. The molecule has 0 fully saturated rings. The van der Waals surface area contributed by atoms with Crippen LogP contribution in [0, 0.1) is 0 Å². The van der Waals surface area contributed by atoms with Gasteiger partial charge in [0.05, 0.1) is 13.7 Å². The molecular weight excluding hydrogens is 402 g/mol. The summed E-state index contributed by atoms with van der Waals surface area (Å²) in [6, 6.07) is 13.8. The van der Waals surface area contributed by atoms with Crippen LogP contribution in [0.25, 0.3) is 0 Å². The highest BCUT2D eigenvalue weighted by Gasteiger charge is 2.17. The molecule has 0 spiro atoms. The molecule has 0 heterocycles. The van der Waals surface area contributed by atoms with E-state index in [9.17, 15) is 14.4 Å². The number of methoxy groups -OCH3 is 1. The van der Waals surface area contributed by atoms with Gasteiger partial charge in [-0.3, -0.25) is 25.2 Å². The molecule has 0 aliphatic heterocycles. The molecule has 1 atom stereocenters.